The fourth-order valence-electron chi connectivity index (χ4n) is 4.59. The molecule has 3 heterocycles. The number of aryl methyl sites for hydroxylation is 2. The van der Waals surface area contributed by atoms with Crippen LogP contribution >= 0.6 is 0 Å². The third kappa shape index (κ3) is 3.68. The number of piperidine rings is 1. The van der Waals surface area contributed by atoms with Gasteiger partial charge in [0.2, 0.25) is 0 Å². The lowest BCUT2D eigenvalue weighted by atomic mass is 9.88. The molecule has 7 heteroatoms. The Hall–Kier alpha value is -3.58. The SMILES string of the molecule is COc1cc(/C=C/C2=NO[C@]3(c4ccc(C)cc4)[C@H](O)CCCN23)ccc1-n1cnc(C)c1. The van der Waals surface area contributed by atoms with Gasteiger partial charge in [-0.3, -0.25) is 0 Å². The molecule has 2 aromatic carbocycles. The Labute approximate surface area is 193 Å². The number of rotatable bonds is 5. The van der Waals surface area contributed by atoms with Crippen molar-refractivity contribution in [3.63, 3.8) is 0 Å². The van der Waals surface area contributed by atoms with E-state index in [9.17, 15) is 5.11 Å². The van der Waals surface area contributed by atoms with E-state index >= 15 is 0 Å². The number of hydrogen-bond donors (Lipinski definition) is 1. The van der Waals surface area contributed by atoms with Crippen molar-refractivity contribution in [3.8, 4) is 11.4 Å². The van der Waals surface area contributed by atoms with E-state index in [2.05, 4.69) is 15.0 Å². The second kappa shape index (κ2) is 8.41. The van der Waals surface area contributed by atoms with E-state index in [1.54, 1.807) is 13.4 Å². The van der Waals surface area contributed by atoms with Gasteiger partial charge in [0.15, 0.2) is 5.84 Å². The molecule has 1 N–H and O–H groups in total. The summed E-state index contributed by atoms with van der Waals surface area (Å²) in [7, 11) is 1.66. The Morgan fingerprint density at radius 1 is 1.15 bits per heavy atom. The Balaban J connectivity index is 1.43. The maximum atomic E-state index is 11.0. The van der Waals surface area contributed by atoms with E-state index in [4.69, 9.17) is 9.57 Å². The standard InChI is InChI=1S/C26H28N4O3/c1-18-6-10-21(11-7-18)26-24(31)5-4-14-30(26)25(28-33-26)13-9-20-8-12-22(23(15-20)32-3)29-16-19(2)27-17-29/h6-13,15-17,24,31H,4-5,14H2,1-3H3/b13-9+/t24-,26-/m1/s1. The molecule has 0 saturated carbocycles. The van der Waals surface area contributed by atoms with Crippen LogP contribution in [0.4, 0.5) is 0 Å². The summed E-state index contributed by atoms with van der Waals surface area (Å²) in [5.41, 5.74) is 3.94. The first kappa shape index (κ1) is 21.3. The molecule has 0 radical (unpaired) electrons. The molecule has 0 unspecified atom stereocenters. The van der Waals surface area contributed by atoms with Gasteiger partial charge in [-0.1, -0.05) is 47.1 Å². The van der Waals surface area contributed by atoms with Crippen molar-refractivity contribution < 1.29 is 14.7 Å². The van der Waals surface area contributed by atoms with Crippen molar-refractivity contribution in [2.24, 2.45) is 5.16 Å². The summed E-state index contributed by atoms with van der Waals surface area (Å²) in [5, 5.41) is 15.4. The normalized spacial score (nSPS) is 22.2. The van der Waals surface area contributed by atoms with Crippen LogP contribution in [-0.2, 0) is 10.6 Å². The molecule has 1 fully saturated rings. The molecule has 2 atom stereocenters. The highest BCUT2D eigenvalue weighted by Crippen LogP contribution is 2.43. The number of amidine groups is 1. The molecule has 0 spiro atoms. The van der Waals surface area contributed by atoms with E-state index in [1.165, 1.54) is 0 Å². The maximum Gasteiger partial charge on any atom is 0.263 e. The largest absolute Gasteiger partial charge is 0.495 e. The van der Waals surface area contributed by atoms with Gasteiger partial charge in [-0.05, 0) is 50.5 Å². The first-order valence-electron chi connectivity index (χ1n) is 11.2. The van der Waals surface area contributed by atoms with Crippen LogP contribution in [0.5, 0.6) is 5.75 Å². The molecule has 0 aliphatic carbocycles. The van der Waals surface area contributed by atoms with Gasteiger partial charge in [0, 0.05) is 18.3 Å². The van der Waals surface area contributed by atoms with Gasteiger partial charge in [-0.25, -0.2) is 4.98 Å². The van der Waals surface area contributed by atoms with E-state index in [1.807, 2.05) is 79.2 Å². The predicted molar refractivity (Wildman–Crippen MR) is 127 cm³/mol. The number of nitrogens with zero attached hydrogens (tertiary/aromatic N) is 4. The summed E-state index contributed by atoms with van der Waals surface area (Å²) >= 11 is 0. The summed E-state index contributed by atoms with van der Waals surface area (Å²) in [6.07, 6.45) is 8.54. The van der Waals surface area contributed by atoms with Crippen LogP contribution in [0.15, 0.2) is 66.2 Å². The molecule has 3 aromatic rings. The van der Waals surface area contributed by atoms with E-state index in [0.29, 0.717) is 12.3 Å². The first-order valence-corrected chi connectivity index (χ1v) is 11.2. The van der Waals surface area contributed by atoms with Crippen molar-refractivity contribution in [2.75, 3.05) is 13.7 Å². The lowest BCUT2D eigenvalue weighted by molar-refractivity contribution is -0.194. The van der Waals surface area contributed by atoms with Crippen molar-refractivity contribution in [3.05, 3.63) is 83.4 Å². The average molecular weight is 445 g/mol. The number of benzene rings is 2. The number of aromatic nitrogens is 2. The highest BCUT2D eigenvalue weighted by molar-refractivity contribution is 5.97. The minimum atomic E-state index is -0.980. The van der Waals surface area contributed by atoms with E-state index in [0.717, 1.165) is 46.8 Å². The van der Waals surface area contributed by atoms with Crippen molar-refractivity contribution >= 4 is 11.9 Å². The second-order valence-electron chi connectivity index (χ2n) is 8.60. The summed E-state index contributed by atoms with van der Waals surface area (Å²) in [5.74, 6) is 1.45. The zero-order valence-corrected chi connectivity index (χ0v) is 19.1. The zero-order chi connectivity index (χ0) is 23.0. The molecule has 7 nitrogen and oxygen atoms in total. The summed E-state index contributed by atoms with van der Waals surface area (Å²) in [6.45, 7) is 4.76. The van der Waals surface area contributed by atoms with Crippen molar-refractivity contribution in [1.82, 2.24) is 14.5 Å². The minimum absolute atomic E-state index is 0.665. The van der Waals surface area contributed by atoms with Gasteiger partial charge in [-0.15, -0.1) is 0 Å². The summed E-state index contributed by atoms with van der Waals surface area (Å²) in [4.78, 5) is 12.4. The van der Waals surface area contributed by atoms with E-state index < -0.39 is 11.8 Å². The van der Waals surface area contributed by atoms with Crippen LogP contribution in [0.2, 0.25) is 0 Å². The molecular weight excluding hydrogens is 416 g/mol. The van der Waals surface area contributed by atoms with Crippen LogP contribution in [0.3, 0.4) is 0 Å². The number of aliphatic hydroxyl groups excluding tert-OH is 1. The van der Waals surface area contributed by atoms with Crippen LogP contribution in [-0.4, -0.2) is 45.2 Å². The number of hydrogen-bond acceptors (Lipinski definition) is 6. The summed E-state index contributed by atoms with van der Waals surface area (Å²) in [6, 6.07) is 14.1. The zero-order valence-electron chi connectivity index (χ0n) is 19.1. The highest BCUT2D eigenvalue weighted by atomic mass is 16.7. The predicted octanol–water partition coefficient (Wildman–Crippen LogP) is 4.16. The quantitative estimate of drug-likeness (QED) is 0.640. The molecule has 2 aliphatic rings. The van der Waals surface area contributed by atoms with Crippen molar-refractivity contribution in [1.29, 1.82) is 0 Å². The molecular formula is C26H28N4O3. The number of imidazole rings is 1. The molecule has 1 saturated heterocycles. The van der Waals surface area contributed by atoms with Crippen LogP contribution in [0.25, 0.3) is 11.8 Å². The van der Waals surface area contributed by atoms with E-state index in [-0.39, 0.29) is 0 Å². The van der Waals surface area contributed by atoms with Gasteiger partial charge >= 0.3 is 0 Å². The third-order valence-electron chi connectivity index (χ3n) is 6.35. The van der Waals surface area contributed by atoms with Crippen LogP contribution in [0.1, 0.15) is 35.2 Å². The van der Waals surface area contributed by atoms with Crippen molar-refractivity contribution in [2.45, 2.75) is 38.5 Å². The lowest BCUT2D eigenvalue weighted by Gasteiger charge is -2.44. The number of fused-ring (bicyclic) bond motifs is 1. The number of methoxy groups -OCH3 is 1. The smallest absolute Gasteiger partial charge is 0.263 e. The van der Waals surface area contributed by atoms with Gasteiger partial charge < -0.3 is 24.1 Å². The Morgan fingerprint density at radius 2 is 1.97 bits per heavy atom. The third-order valence-corrected chi connectivity index (χ3v) is 6.35. The topological polar surface area (TPSA) is 72.1 Å². The molecule has 1 aromatic heterocycles. The number of oxime groups is 1. The Kier molecular flexibility index (Phi) is 5.42. The molecule has 0 bridgehead atoms. The molecule has 5 rings (SSSR count). The molecule has 33 heavy (non-hydrogen) atoms. The average Bonchev–Trinajstić information content (AvgIpc) is 3.43. The minimum Gasteiger partial charge on any atom is -0.495 e. The second-order valence-corrected chi connectivity index (χ2v) is 8.60. The summed E-state index contributed by atoms with van der Waals surface area (Å²) < 4.78 is 7.57. The molecule has 170 valence electrons. The Bertz CT molecular complexity index is 1210. The molecule has 2 aliphatic heterocycles. The fourth-order valence-corrected chi connectivity index (χ4v) is 4.59. The highest BCUT2D eigenvalue weighted by Gasteiger charge is 2.54. The van der Waals surface area contributed by atoms with Gasteiger partial charge in [-0.2, -0.15) is 0 Å². The van der Waals surface area contributed by atoms with Crippen LogP contribution < -0.4 is 4.74 Å². The maximum absolute atomic E-state index is 11.0. The van der Waals surface area contributed by atoms with Crippen LogP contribution in [0, 0.1) is 13.8 Å². The fraction of sp³-hybridized carbons (Fsp3) is 0.308. The van der Waals surface area contributed by atoms with Gasteiger partial charge in [0.1, 0.15) is 11.9 Å². The first-order chi connectivity index (χ1) is 16.0. The number of ether oxygens (including phenoxy) is 1. The number of aliphatic hydroxyl groups is 1. The molecule has 0 amide bonds. The monoisotopic (exact) mass is 444 g/mol. The van der Waals surface area contributed by atoms with Gasteiger partial charge in [0.05, 0.1) is 24.8 Å². The van der Waals surface area contributed by atoms with Gasteiger partial charge in [0.25, 0.3) is 5.72 Å². The lowest BCUT2D eigenvalue weighted by Crippen LogP contribution is -2.57. The Morgan fingerprint density at radius 3 is 2.70 bits per heavy atom.